The number of nitrogens with one attached hydrogen (secondary N) is 1. The highest BCUT2D eigenvalue weighted by Gasteiger charge is 2.35. The van der Waals surface area contributed by atoms with E-state index in [1.54, 1.807) is 0 Å². The molecule has 0 heterocycles. The Morgan fingerprint density at radius 3 is 2.17 bits per heavy atom. The third-order valence-electron chi connectivity index (χ3n) is 4.06. The lowest BCUT2D eigenvalue weighted by Crippen LogP contribution is -2.43. The van der Waals surface area contributed by atoms with Crippen molar-refractivity contribution in [1.29, 1.82) is 0 Å². The van der Waals surface area contributed by atoms with Gasteiger partial charge in [-0.1, -0.05) is 0 Å². The van der Waals surface area contributed by atoms with Crippen LogP contribution in [-0.2, 0) is 19.6 Å². The molecule has 156 valence electrons. The number of rotatable bonds is 8. The highest BCUT2D eigenvalue weighted by molar-refractivity contribution is 7.93. The number of sulfonamides is 1. The van der Waals surface area contributed by atoms with Crippen LogP contribution in [0.4, 0.5) is 11.4 Å². The standard InChI is InChI=1S/C19H22N2O7S/c1-12(19(23)24)21(17-10-7-15(27-3)11-18(17)28-4)29(25,26)16-8-5-14(6-9-16)20-13(2)22/h5-12H,1-4H3,(H,20,22)(H,23,24). The Balaban J connectivity index is 2.60. The van der Waals surface area contributed by atoms with Crippen LogP contribution in [-0.4, -0.2) is 45.7 Å². The first kappa shape index (κ1) is 22.0. The third kappa shape index (κ3) is 4.77. The molecule has 0 aliphatic carbocycles. The van der Waals surface area contributed by atoms with Gasteiger partial charge in [0.05, 0.1) is 24.8 Å². The van der Waals surface area contributed by atoms with Gasteiger partial charge in [0.1, 0.15) is 17.5 Å². The van der Waals surface area contributed by atoms with E-state index in [0.717, 1.165) is 4.31 Å². The first-order chi connectivity index (χ1) is 13.6. The van der Waals surface area contributed by atoms with E-state index >= 15 is 0 Å². The predicted octanol–water partition coefficient (Wildman–Crippen LogP) is 2.33. The topological polar surface area (TPSA) is 122 Å². The summed E-state index contributed by atoms with van der Waals surface area (Å²) in [6.45, 7) is 2.59. The number of aliphatic carboxylic acids is 1. The molecule has 9 nitrogen and oxygen atoms in total. The molecule has 2 aromatic carbocycles. The lowest BCUT2D eigenvalue weighted by Gasteiger charge is -2.29. The normalized spacial score (nSPS) is 12.0. The zero-order chi connectivity index (χ0) is 21.8. The second-order valence-corrected chi connectivity index (χ2v) is 7.87. The summed E-state index contributed by atoms with van der Waals surface area (Å²) in [5.41, 5.74) is 0.463. The molecule has 0 bridgehead atoms. The molecule has 1 atom stereocenters. The summed E-state index contributed by atoms with van der Waals surface area (Å²) >= 11 is 0. The maximum absolute atomic E-state index is 13.3. The molecule has 2 aromatic rings. The fourth-order valence-corrected chi connectivity index (χ4v) is 4.26. The van der Waals surface area contributed by atoms with Gasteiger partial charge in [0.2, 0.25) is 5.91 Å². The van der Waals surface area contributed by atoms with Crippen LogP contribution in [0.2, 0.25) is 0 Å². The lowest BCUT2D eigenvalue weighted by atomic mass is 10.2. The predicted molar refractivity (Wildman–Crippen MR) is 107 cm³/mol. The minimum Gasteiger partial charge on any atom is -0.497 e. The molecule has 10 heteroatoms. The van der Waals surface area contributed by atoms with E-state index in [1.165, 1.54) is 70.5 Å². The number of carbonyl (C=O) groups excluding carboxylic acids is 1. The summed E-state index contributed by atoms with van der Waals surface area (Å²) in [6.07, 6.45) is 0. The smallest absolute Gasteiger partial charge is 0.327 e. The Morgan fingerprint density at radius 1 is 1.07 bits per heavy atom. The number of ether oxygens (including phenoxy) is 2. The van der Waals surface area contributed by atoms with Crippen molar-refractivity contribution in [3.63, 3.8) is 0 Å². The number of hydrogen-bond acceptors (Lipinski definition) is 6. The van der Waals surface area contributed by atoms with Crippen LogP contribution in [0, 0.1) is 0 Å². The van der Waals surface area contributed by atoms with E-state index in [4.69, 9.17) is 9.47 Å². The Bertz CT molecular complexity index is 1000. The van der Waals surface area contributed by atoms with Crippen LogP contribution in [0.15, 0.2) is 47.4 Å². The lowest BCUT2D eigenvalue weighted by molar-refractivity contribution is -0.137. The van der Waals surface area contributed by atoms with E-state index in [2.05, 4.69) is 5.32 Å². The van der Waals surface area contributed by atoms with Gasteiger partial charge in [0, 0.05) is 18.7 Å². The molecule has 0 aliphatic heterocycles. The van der Waals surface area contributed by atoms with E-state index in [1.807, 2.05) is 0 Å². The molecule has 2 rings (SSSR count). The number of carbonyl (C=O) groups is 2. The molecule has 0 aromatic heterocycles. The molecule has 29 heavy (non-hydrogen) atoms. The van der Waals surface area contributed by atoms with Gasteiger partial charge < -0.3 is 19.9 Å². The highest BCUT2D eigenvalue weighted by Crippen LogP contribution is 2.37. The molecule has 0 radical (unpaired) electrons. The van der Waals surface area contributed by atoms with Crippen LogP contribution in [0.1, 0.15) is 13.8 Å². The maximum atomic E-state index is 13.3. The van der Waals surface area contributed by atoms with Gasteiger partial charge >= 0.3 is 5.97 Å². The molecule has 1 unspecified atom stereocenters. The third-order valence-corrected chi connectivity index (χ3v) is 5.96. The summed E-state index contributed by atoms with van der Waals surface area (Å²) in [5, 5.41) is 12.1. The van der Waals surface area contributed by atoms with Gasteiger partial charge in [-0.15, -0.1) is 0 Å². The quantitative estimate of drug-likeness (QED) is 0.669. The minimum atomic E-state index is -4.28. The van der Waals surface area contributed by atoms with E-state index in [-0.39, 0.29) is 22.2 Å². The van der Waals surface area contributed by atoms with Crippen LogP contribution < -0.4 is 19.1 Å². The van der Waals surface area contributed by atoms with Crippen LogP contribution >= 0.6 is 0 Å². The highest BCUT2D eigenvalue weighted by atomic mass is 32.2. The average Bonchev–Trinajstić information content (AvgIpc) is 2.67. The number of nitrogens with zero attached hydrogens (tertiary/aromatic N) is 1. The van der Waals surface area contributed by atoms with Gasteiger partial charge in [0.15, 0.2) is 0 Å². The fraction of sp³-hybridized carbons (Fsp3) is 0.263. The first-order valence-corrected chi connectivity index (χ1v) is 9.92. The first-order valence-electron chi connectivity index (χ1n) is 8.48. The summed E-state index contributed by atoms with van der Waals surface area (Å²) in [5.74, 6) is -1.08. The van der Waals surface area contributed by atoms with Crippen molar-refractivity contribution in [3.8, 4) is 11.5 Å². The van der Waals surface area contributed by atoms with Crippen molar-refractivity contribution in [2.45, 2.75) is 24.8 Å². The van der Waals surface area contributed by atoms with Crippen molar-refractivity contribution in [3.05, 3.63) is 42.5 Å². The second-order valence-electron chi connectivity index (χ2n) is 6.06. The monoisotopic (exact) mass is 422 g/mol. The Hall–Kier alpha value is -3.27. The van der Waals surface area contributed by atoms with Crippen LogP contribution in [0.25, 0.3) is 0 Å². The summed E-state index contributed by atoms with van der Waals surface area (Å²) in [6, 6.07) is 8.39. The van der Waals surface area contributed by atoms with Gasteiger partial charge in [0.25, 0.3) is 10.0 Å². The van der Waals surface area contributed by atoms with E-state index in [9.17, 15) is 23.1 Å². The number of carboxylic acids is 1. The second kappa shape index (κ2) is 8.82. The zero-order valence-corrected chi connectivity index (χ0v) is 17.2. The molecule has 1 amide bonds. The van der Waals surface area contributed by atoms with Crippen LogP contribution in [0.3, 0.4) is 0 Å². The van der Waals surface area contributed by atoms with Crippen molar-refractivity contribution in [2.24, 2.45) is 0 Å². The zero-order valence-electron chi connectivity index (χ0n) is 16.4. The van der Waals surface area contributed by atoms with Crippen molar-refractivity contribution >= 4 is 33.3 Å². The number of methoxy groups -OCH3 is 2. The number of anilines is 2. The molecule has 0 fully saturated rings. The molecule has 0 saturated heterocycles. The number of amides is 1. The molecule has 2 N–H and O–H groups in total. The van der Waals surface area contributed by atoms with Gasteiger partial charge in [-0.3, -0.25) is 4.79 Å². The Kier molecular flexibility index (Phi) is 6.70. The van der Waals surface area contributed by atoms with Crippen molar-refractivity contribution in [2.75, 3.05) is 23.8 Å². The number of benzene rings is 2. The van der Waals surface area contributed by atoms with Gasteiger partial charge in [-0.05, 0) is 43.3 Å². The maximum Gasteiger partial charge on any atom is 0.327 e. The van der Waals surface area contributed by atoms with Gasteiger partial charge in [-0.25, -0.2) is 17.5 Å². The molecule has 0 aliphatic rings. The minimum absolute atomic E-state index is 0.0501. The van der Waals surface area contributed by atoms with Gasteiger partial charge in [-0.2, -0.15) is 0 Å². The average molecular weight is 422 g/mol. The summed E-state index contributed by atoms with van der Waals surface area (Å²) in [7, 11) is -1.49. The number of carboxylic acid groups (broad SMARTS) is 1. The number of hydrogen-bond donors (Lipinski definition) is 2. The van der Waals surface area contributed by atoms with Crippen molar-refractivity contribution in [1.82, 2.24) is 0 Å². The largest absolute Gasteiger partial charge is 0.497 e. The molecular formula is C19H22N2O7S. The summed E-state index contributed by atoms with van der Waals surface area (Å²) in [4.78, 5) is 22.7. The molecular weight excluding hydrogens is 400 g/mol. The Morgan fingerprint density at radius 2 is 1.69 bits per heavy atom. The molecule has 0 spiro atoms. The molecule has 0 saturated carbocycles. The Labute approximate surface area is 168 Å². The fourth-order valence-electron chi connectivity index (χ4n) is 2.64. The van der Waals surface area contributed by atoms with E-state index in [0.29, 0.717) is 11.4 Å². The van der Waals surface area contributed by atoms with Crippen molar-refractivity contribution < 1.29 is 32.6 Å². The van der Waals surface area contributed by atoms with E-state index < -0.39 is 22.0 Å². The summed E-state index contributed by atoms with van der Waals surface area (Å²) < 4.78 is 37.8. The SMILES string of the molecule is COc1ccc(N(C(C)C(=O)O)S(=O)(=O)c2ccc(NC(C)=O)cc2)c(OC)c1. The van der Waals surface area contributed by atoms with Crippen LogP contribution in [0.5, 0.6) is 11.5 Å².